The van der Waals surface area contributed by atoms with E-state index in [2.05, 4.69) is 15.3 Å². The third-order valence-electron chi connectivity index (χ3n) is 4.16. The van der Waals surface area contributed by atoms with Crippen molar-refractivity contribution >= 4 is 22.8 Å². The molecule has 2 heterocycles. The first-order valence-corrected chi connectivity index (χ1v) is 7.83. The largest absolute Gasteiger partial charge is 0.381 e. The smallest absolute Gasteiger partial charge is 0.321 e. The molecule has 2 amide bonds. The summed E-state index contributed by atoms with van der Waals surface area (Å²) in [5, 5.41) is 2.97. The zero-order valence-corrected chi connectivity index (χ0v) is 12.8. The summed E-state index contributed by atoms with van der Waals surface area (Å²) in [6.07, 6.45) is 3.72. The quantitative estimate of drug-likeness (QED) is 0.912. The first kappa shape index (κ1) is 14.8. The highest BCUT2D eigenvalue weighted by atomic mass is 16.5. The molecule has 2 aromatic rings. The van der Waals surface area contributed by atoms with Gasteiger partial charge in [-0.3, -0.25) is 0 Å². The van der Waals surface area contributed by atoms with Crippen molar-refractivity contribution in [1.29, 1.82) is 0 Å². The summed E-state index contributed by atoms with van der Waals surface area (Å²) in [4.78, 5) is 21.5. The summed E-state index contributed by atoms with van der Waals surface area (Å²) >= 11 is 0. The number of rotatable bonds is 4. The molecule has 2 N–H and O–H groups in total. The number of carbonyl (C=O) groups excluding carboxylic acids is 1. The minimum Gasteiger partial charge on any atom is -0.381 e. The molecule has 1 fully saturated rings. The molecule has 1 aliphatic rings. The van der Waals surface area contributed by atoms with E-state index in [0.29, 0.717) is 12.5 Å². The van der Waals surface area contributed by atoms with E-state index in [1.54, 1.807) is 6.33 Å². The van der Waals surface area contributed by atoms with Crippen molar-refractivity contribution in [1.82, 2.24) is 14.9 Å². The van der Waals surface area contributed by atoms with E-state index in [4.69, 9.17) is 4.74 Å². The van der Waals surface area contributed by atoms with Crippen molar-refractivity contribution < 1.29 is 9.53 Å². The number of benzene rings is 1. The zero-order chi connectivity index (χ0) is 15.4. The summed E-state index contributed by atoms with van der Waals surface area (Å²) in [6, 6.07) is 5.63. The molecule has 1 saturated heterocycles. The maximum absolute atomic E-state index is 12.4. The van der Waals surface area contributed by atoms with Gasteiger partial charge in [0, 0.05) is 32.0 Å². The molecule has 1 aromatic heterocycles. The Morgan fingerprint density at radius 2 is 2.27 bits per heavy atom. The van der Waals surface area contributed by atoms with Crippen LogP contribution in [0, 0.1) is 5.92 Å². The molecule has 0 unspecified atom stereocenters. The van der Waals surface area contributed by atoms with Crippen molar-refractivity contribution in [2.75, 3.05) is 31.6 Å². The lowest BCUT2D eigenvalue weighted by Gasteiger charge is -2.29. The van der Waals surface area contributed by atoms with Gasteiger partial charge in [0.25, 0.3) is 0 Å². The minimum absolute atomic E-state index is 0.0483. The van der Waals surface area contributed by atoms with E-state index in [-0.39, 0.29) is 6.03 Å². The maximum Gasteiger partial charge on any atom is 0.321 e. The second kappa shape index (κ2) is 6.79. The van der Waals surface area contributed by atoms with Crippen LogP contribution in [0.15, 0.2) is 24.5 Å². The number of fused-ring (bicyclic) bond motifs is 1. The van der Waals surface area contributed by atoms with Gasteiger partial charge in [-0.05, 0) is 43.9 Å². The van der Waals surface area contributed by atoms with Gasteiger partial charge in [-0.2, -0.15) is 0 Å². The maximum atomic E-state index is 12.4. The number of hydrogen-bond donors (Lipinski definition) is 2. The van der Waals surface area contributed by atoms with E-state index in [9.17, 15) is 4.79 Å². The van der Waals surface area contributed by atoms with Gasteiger partial charge in [0.05, 0.1) is 17.4 Å². The molecule has 0 aliphatic carbocycles. The normalized spacial score (nSPS) is 15.9. The number of anilines is 1. The minimum atomic E-state index is -0.0483. The number of carbonyl (C=O) groups is 1. The number of imidazole rings is 1. The van der Waals surface area contributed by atoms with Crippen LogP contribution in [0.5, 0.6) is 0 Å². The molecule has 3 rings (SSSR count). The average Bonchev–Trinajstić information content (AvgIpc) is 3.01. The van der Waals surface area contributed by atoms with Crippen LogP contribution in [0.2, 0.25) is 0 Å². The van der Waals surface area contributed by atoms with E-state index in [0.717, 1.165) is 49.3 Å². The van der Waals surface area contributed by atoms with E-state index in [1.807, 2.05) is 30.0 Å². The number of aromatic nitrogens is 2. The summed E-state index contributed by atoms with van der Waals surface area (Å²) in [5.74, 6) is 0.537. The Kier molecular flexibility index (Phi) is 4.58. The van der Waals surface area contributed by atoms with Crippen LogP contribution in [0.4, 0.5) is 10.5 Å². The summed E-state index contributed by atoms with van der Waals surface area (Å²) in [7, 11) is 0. The van der Waals surface area contributed by atoms with Crippen LogP contribution in [0.25, 0.3) is 11.0 Å². The van der Waals surface area contributed by atoms with E-state index in [1.165, 1.54) is 0 Å². The summed E-state index contributed by atoms with van der Waals surface area (Å²) in [6.45, 7) is 5.12. The second-order valence-electron chi connectivity index (χ2n) is 5.66. The fraction of sp³-hybridized carbons (Fsp3) is 0.500. The van der Waals surface area contributed by atoms with Crippen molar-refractivity contribution in [3.05, 3.63) is 24.5 Å². The van der Waals surface area contributed by atoms with Gasteiger partial charge in [-0.15, -0.1) is 0 Å². The lowest BCUT2D eigenvalue weighted by molar-refractivity contribution is 0.0576. The molecule has 6 nitrogen and oxygen atoms in total. The number of amides is 2. The molecule has 118 valence electrons. The monoisotopic (exact) mass is 302 g/mol. The molecule has 0 bridgehead atoms. The molecular weight excluding hydrogens is 280 g/mol. The SMILES string of the molecule is CCN(CC1CCOCC1)C(=O)Nc1ccc2nc[nH]c2c1. The Bertz CT molecular complexity index is 634. The predicted molar refractivity (Wildman–Crippen MR) is 85.9 cm³/mol. The first-order valence-electron chi connectivity index (χ1n) is 7.83. The topological polar surface area (TPSA) is 70.2 Å². The molecule has 0 radical (unpaired) electrons. The zero-order valence-electron chi connectivity index (χ0n) is 12.8. The Morgan fingerprint density at radius 1 is 1.45 bits per heavy atom. The average molecular weight is 302 g/mol. The number of hydrogen-bond acceptors (Lipinski definition) is 3. The van der Waals surface area contributed by atoms with Crippen LogP contribution >= 0.6 is 0 Å². The number of urea groups is 1. The second-order valence-corrected chi connectivity index (χ2v) is 5.66. The number of H-pyrrole nitrogens is 1. The molecule has 1 aromatic carbocycles. The molecule has 22 heavy (non-hydrogen) atoms. The highest BCUT2D eigenvalue weighted by Gasteiger charge is 2.20. The first-order chi connectivity index (χ1) is 10.8. The van der Waals surface area contributed by atoms with Gasteiger partial charge < -0.3 is 19.9 Å². The van der Waals surface area contributed by atoms with Crippen LogP contribution in [0.1, 0.15) is 19.8 Å². The van der Waals surface area contributed by atoms with Crippen LogP contribution in [-0.2, 0) is 4.74 Å². The number of nitrogens with one attached hydrogen (secondary N) is 2. The number of ether oxygens (including phenoxy) is 1. The molecule has 1 aliphatic heterocycles. The Balaban J connectivity index is 1.62. The van der Waals surface area contributed by atoms with Crippen LogP contribution in [0.3, 0.4) is 0 Å². The van der Waals surface area contributed by atoms with Crippen molar-refractivity contribution in [2.45, 2.75) is 19.8 Å². The fourth-order valence-corrected chi connectivity index (χ4v) is 2.81. The highest BCUT2D eigenvalue weighted by molar-refractivity contribution is 5.91. The lowest BCUT2D eigenvalue weighted by Crippen LogP contribution is -2.39. The van der Waals surface area contributed by atoms with Gasteiger partial charge in [0.1, 0.15) is 0 Å². The third-order valence-corrected chi connectivity index (χ3v) is 4.16. The van der Waals surface area contributed by atoms with E-state index >= 15 is 0 Å². The Labute approximate surface area is 129 Å². The van der Waals surface area contributed by atoms with Gasteiger partial charge in [0.2, 0.25) is 0 Å². The van der Waals surface area contributed by atoms with Crippen LogP contribution in [-0.4, -0.2) is 47.2 Å². The lowest BCUT2D eigenvalue weighted by atomic mass is 10.00. The molecule has 0 spiro atoms. The van der Waals surface area contributed by atoms with Crippen LogP contribution < -0.4 is 5.32 Å². The predicted octanol–water partition coefficient (Wildman–Crippen LogP) is 2.84. The summed E-state index contributed by atoms with van der Waals surface area (Å²) < 4.78 is 5.38. The number of aromatic amines is 1. The van der Waals surface area contributed by atoms with Crippen molar-refractivity contribution in [2.24, 2.45) is 5.92 Å². The summed E-state index contributed by atoms with van der Waals surface area (Å²) in [5.41, 5.74) is 2.60. The van der Waals surface area contributed by atoms with Gasteiger partial charge in [0.15, 0.2) is 0 Å². The Morgan fingerprint density at radius 3 is 3.05 bits per heavy atom. The molecule has 0 atom stereocenters. The molecule has 0 saturated carbocycles. The Hall–Kier alpha value is -2.08. The van der Waals surface area contributed by atoms with Gasteiger partial charge >= 0.3 is 6.03 Å². The van der Waals surface area contributed by atoms with Crippen molar-refractivity contribution in [3.63, 3.8) is 0 Å². The third kappa shape index (κ3) is 3.39. The standard InChI is InChI=1S/C16H22N4O2/c1-2-20(10-12-5-7-22-8-6-12)16(21)19-13-3-4-14-15(9-13)18-11-17-14/h3-4,9,11-12H,2,5-8,10H2,1H3,(H,17,18)(H,19,21). The fourth-order valence-electron chi connectivity index (χ4n) is 2.81. The van der Waals surface area contributed by atoms with Crippen molar-refractivity contribution in [3.8, 4) is 0 Å². The molecule has 6 heteroatoms. The molecular formula is C16H22N4O2. The highest BCUT2D eigenvalue weighted by Crippen LogP contribution is 2.18. The van der Waals surface area contributed by atoms with Gasteiger partial charge in [-0.25, -0.2) is 9.78 Å². The van der Waals surface area contributed by atoms with Gasteiger partial charge in [-0.1, -0.05) is 0 Å². The van der Waals surface area contributed by atoms with E-state index < -0.39 is 0 Å². The number of nitrogens with zero attached hydrogens (tertiary/aromatic N) is 2.